The van der Waals surface area contributed by atoms with Crippen LogP contribution in [0.1, 0.15) is 0 Å². The monoisotopic (exact) mass is 362 g/mol. The summed E-state index contributed by atoms with van der Waals surface area (Å²) in [6, 6.07) is 20.5. The number of imidazole rings is 1. The molecule has 0 fully saturated rings. The summed E-state index contributed by atoms with van der Waals surface area (Å²) in [5.74, 6) is 0. The molecule has 0 aliphatic carbocycles. The highest BCUT2D eigenvalue weighted by Gasteiger charge is 2.13. The van der Waals surface area contributed by atoms with E-state index in [1.807, 2.05) is 36.7 Å². The molecule has 0 bridgehead atoms. The minimum atomic E-state index is 0.845. The summed E-state index contributed by atoms with van der Waals surface area (Å²) < 4.78 is 9.17. The van der Waals surface area contributed by atoms with Crippen molar-refractivity contribution >= 4 is 48.9 Å². The van der Waals surface area contributed by atoms with Gasteiger partial charge in [-0.25, -0.2) is 4.98 Å². The minimum absolute atomic E-state index is 0.845. The maximum absolute atomic E-state index is 6.05. The topological polar surface area (TPSA) is 31.0 Å². The average molecular weight is 363 g/mol. The maximum atomic E-state index is 6.05. The number of halogens is 1. The highest BCUT2D eigenvalue weighted by Crippen LogP contribution is 2.34. The van der Waals surface area contributed by atoms with E-state index in [2.05, 4.69) is 55.8 Å². The predicted molar refractivity (Wildman–Crippen MR) is 96.0 cm³/mol. The summed E-state index contributed by atoms with van der Waals surface area (Å²) >= 11 is 3.52. The Morgan fingerprint density at radius 2 is 1.83 bits per heavy atom. The van der Waals surface area contributed by atoms with Crippen molar-refractivity contribution < 1.29 is 4.42 Å². The fourth-order valence-electron chi connectivity index (χ4n) is 3.09. The molecular formula is C19H11BrN2O. The smallest absolute Gasteiger partial charge is 0.163 e. The summed E-state index contributed by atoms with van der Waals surface area (Å²) in [6.07, 6.45) is 1.85. The van der Waals surface area contributed by atoms with E-state index in [0.29, 0.717) is 0 Å². The van der Waals surface area contributed by atoms with Gasteiger partial charge in [0.1, 0.15) is 17.4 Å². The first-order valence-electron chi connectivity index (χ1n) is 7.34. The van der Waals surface area contributed by atoms with Crippen molar-refractivity contribution in [1.29, 1.82) is 0 Å². The zero-order chi connectivity index (χ0) is 15.4. The molecule has 0 saturated heterocycles. The number of hydrogen-bond donors (Lipinski definition) is 0. The van der Waals surface area contributed by atoms with Gasteiger partial charge >= 0.3 is 0 Å². The van der Waals surface area contributed by atoms with Crippen molar-refractivity contribution in [3.63, 3.8) is 0 Å². The highest BCUT2D eigenvalue weighted by atomic mass is 79.9. The number of nitrogens with zero attached hydrogens (tertiary/aromatic N) is 2. The second-order valence-electron chi connectivity index (χ2n) is 5.50. The molecule has 110 valence electrons. The van der Waals surface area contributed by atoms with E-state index in [-0.39, 0.29) is 0 Å². The number of fused-ring (bicyclic) bond motifs is 5. The lowest BCUT2D eigenvalue weighted by atomic mass is 10.1. The quantitative estimate of drug-likeness (QED) is 0.383. The molecule has 0 unspecified atom stereocenters. The van der Waals surface area contributed by atoms with Crippen molar-refractivity contribution in [1.82, 2.24) is 9.55 Å². The Morgan fingerprint density at radius 1 is 0.913 bits per heavy atom. The number of hydrogen-bond acceptors (Lipinski definition) is 2. The van der Waals surface area contributed by atoms with Crippen LogP contribution in [0.15, 0.2) is 75.9 Å². The van der Waals surface area contributed by atoms with E-state index >= 15 is 0 Å². The molecule has 2 heterocycles. The number of rotatable bonds is 1. The van der Waals surface area contributed by atoms with Crippen molar-refractivity contribution in [3.8, 4) is 5.69 Å². The first-order valence-corrected chi connectivity index (χ1v) is 8.14. The van der Waals surface area contributed by atoms with Gasteiger partial charge in [-0.05, 0) is 36.4 Å². The van der Waals surface area contributed by atoms with Gasteiger partial charge in [-0.2, -0.15) is 0 Å². The van der Waals surface area contributed by atoms with E-state index in [9.17, 15) is 0 Å². The highest BCUT2D eigenvalue weighted by molar-refractivity contribution is 9.10. The molecule has 0 N–H and O–H groups in total. The molecule has 3 nitrogen and oxygen atoms in total. The molecule has 2 aromatic heterocycles. The third-order valence-corrected chi connectivity index (χ3v) is 4.64. The van der Waals surface area contributed by atoms with Crippen LogP contribution in [-0.2, 0) is 0 Å². The molecule has 0 spiro atoms. The van der Waals surface area contributed by atoms with Crippen molar-refractivity contribution in [3.05, 3.63) is 71.5 Å². The summed E-state index contributed by atoms with van der Waals surface area (Å²) in [5, 5.41) is 2.23. The van der Waals surface area contributed by atoms with Crippen LogP contribution in [0.25, 0.3) is 38.7 Å². The van der Waals surface area contributed by atoms with Crippen molar-refractivity contribution in [2.45, 2.75) is 0 Å². The summed E-state index contributed by atoms with van der Waals surface area (Å²) in [4.78, 5) is 4.60. The number of aromatic nitrogens is 2. The van der Waals surface area contributed by atoms with Crippen LogP contribution in [0.4, 0.5) is 0 Å². The third-order valence-electron chi connectivity index (χ3n) is 4.15. The first-order chi connectivity index (χ1) is 11.3. The Bertz CT molecular complexity index is 1190. The lowest BCUT2D eigenvalue weighted by Gasteiger charge is -2.04. The molecule has 0 aliphatic heterocycles. The molecule has 4 heteroatoms. The summed E-state index contributed by atoms with van der Waals surface area (Å²) in [7, 11) is 0. The van der Waals surface area contributed by atoms with Crippen LogP contribution < -0.4 is 0 Å². The molecule has 5 rings (SSSR count). The molecule has 3 aromatic carbocycles. The number of benzene rings is 3. The molecular weight excluding hydrogens is 352 g/mol. The zero-order valence-corrected chi connectivity index (χ0v) is 13.6. The summed E-state index contributed by atoms with van der Waals surface area (Å²) in [6.45, 7) is 0. The van der Waals surface area contributed by atoms with Gasteiger partial charge in [0.05, 0.1) is 5.52 Å². The fraction of sp³-hybridized carbons (Fsp3) is 0. The Balaban J connectivity index is 1.86. The minimum Gasteiger partial charge on any atom is -0.454 e. The maximum Gasteiger partial charge on any atom is 0.163 e. The van der Waals surface area contributed by atoms with Gasteiger partial charge in [0.2, 0.25) is 0 Å². The van der Waals surface area contributed by atoms with E-state index in [0.717, 1.165) is 43.1 Å². The lowest BCUT2D eigenvalue weighted by Crippen LogP contribution is -1.91. The standard InChI is InChI=1S/C19H11BrN2O/c20-12-4-3-5-13(10-12)22-11-21-18-16(22)9-8-15-14-6-1-2-7-17(14)23-19(15)18/h1-11H. The van der Waals surface area contributed by atoms with Crippen LogP contribution in [-0.4, -0.2) is 9.55 Å². The van der Waals surface area contributed by atoms with Crippen LogP contribution >= 0.6 is 15.9 Å². The Kier molecular flexibility index (Phi) is 2.64. The Morgan fingerprint density at radius 3 is 2.74 bits per heavy atom. The van der Waals surface area contributed by atoms with Crippen LogP contribution in [0.5, 0.6) is 0 Å². The number of furan rings is 1. The first kappa shape index (κ1) is 12.9. The SMILES string of the molecule is Brc1cccc(-n2cnc3c4oc5ccccc5c4ccc32)c1. The summed E-state index contributed by atoms with van der Waals surface area (Å²) in [5.41, 5.74) is 4.73. The van der Waals surface area contributed by atoms with Crippen LogP contribution in [0.3, 0.4) is 0 Å². The van der Waals surface area contributed by atoms with Gasteiger partial charge in [-0.15, -0.1) is 0 Å². The Hall–Kier alpha value is -2.59. The molecule has 0 radical (unpaired) electrons. The van der Waals surface area contributed by atoms with Crippen LogP contribution in [0, 0.1) is 0 Å². The van der Waals surface area contributed by atoms with Crippen LogP contribution in [0.2, 0.25) is 0 Å². The van der Waals surface area contributed by atoms with Crippen molar-refractivity contribution in [2.24, 2.45) is 0 Å². The number of para-hydroxylation sites is 1. The molecule has 0 saturated carbocycles. The molecule has 23 heavy (non-hydrogen) atoms. The fourth-order valence-corrected chi connectivity index (χ4v) is 3.48. The van der Waals surface area contributed by atoms with Gasteiger partial charge in [-0.3, -0.25) is 4.57 Å². The van der Waals surface area contributed by atoms with E-state index in [1.54, 1.807) is 0 Å². The molecule has 0 aliphatic rings. The van der Waals surface area contributed by atoms with Gasteiger partial charge in [-0.1, -0.05) is 40.2 Å². The normalized spacial score (nSPS) is 11.7. The predicted octanol–water partition coefficient (Wildman–Crippen LogP) is 5.69. The molecule has 0 amide bonds. The van der Waals surface area contributed by atoms with Gasteiger partial charge in [0.15, 0.2) is 5.58 Å². The molecule has 5 aromatic rings. The van der Waals surface area contributed by atoms with Gasteiger partial charge in [0, 0.05) is 20.9 Å². The second-order valence-corrected chi connectivity index (χ2v) is 6.42. The lowest BCUT2D eigenvalue weighted by molar-refractivity contribution is 0.672. The Labute approximate surface area is 140 Å². The second kappa shape index (κ2) is 4.70. The third kappa shape index (κ3) is 1.85. The zero-order valence-electron chi connectivity index (χ0n) is 12.0. The van der Waals surface area contributed by atoms with Crippen molar-refractivity contribution in [2.75, 3.05) is 0 Å². The van der Waals surface area contributed by atoms with E-state index in [1.165, 1.54) is 0 Å². The van der Waals surface area contributed by atoms with Gasteiger partial charge in [0.25, 0.3) is 0 Å². The largest absolute Gasteiger partial charge is 0.454 e. The molecule has 0 atom stereocenters. The van der Waals surface area contributed by atoms with E-state index < -0.39 is 0 Å². The van der Waals surface area contributed by atoms with E-state index in [4.69, 9.17) is 4.42 Å². The van der Waals surface area contributed by atoms with Gasteiger partial charge < -0.3 is 4.42 Å². The average Bonchev–Trinajstić information content (AvgIpc) is 3.16.